The van der Waals surface area contributed by atoms with Crippen LogP contribution in [-0.2, 0) is 14.9 Å². The zero-order valence-corrected chi connectivity index (χ0v) is 16.9. The first-order valence-electron chi connectivity index (χ1n) is 10.5. The number of amides is 2. The van der Waals surface area contributed by atoms with Gasteiger partial charge in [0.1, 0.15) is 11.4 Å². The highest BCUT2D eigenvalue weighted by Gasteiger charge is 2.41. The van der Waals surface area contributed by atoms with E-state index in [0.29, 0.717) is 32.8 Å². The van der Waals surface area contributed by atoms with Crippen LogP contribution in [0.15, 0.2) is 24.3 Å². The second-order valence-electron chi connectivity index (χ2n) is 8.49. The zero-order chi connectivity index (χ0) is 19.5. The molecule has 3 fully saturated rings. The molecule has 154 valence electrons. The van der Waals surface area contributed by atoms with E-state index in [0.717, 1.165) is 38.0 Å². The first-order valence-corrected chi connectivity index (χ1v) is 10.5. The first-order chi connectivity index (χ1) is 13.6. The molecule has 1 saturated carbocycles. The van der Waals surface area contributed by atoms with Crippen molar-refractivity contribution in [3.05, 3.63) is 29.8 Å². The van der Waals surface area contributed by atoms with E-state index in [1.807, 2.05) is 17.0 Å². The molecule has 0 unspecified atom stereocenters. The number of nitrogens with one attached hydrogen (secondary N) is 1. The molecule has 4 rings (SSSR count). The third-order valence-electron chi connectivity index (χ3n) is 6.64. The van der Waals surface area contributed by atoms with Crippen molar-refractivity contribution in [2.24, 2.45) is 0 Å². The predicted octanol–water partition coefficient (Wildman–Crippen LogP) is 3.10. The van der Waals surface area contributed by atoms with Gasteiger partial charge in [-0.15, -0.1) is 0 Å². The highest BCUT2D eigenvalue weighted by Crippen LogP contribution is 2.41. The Morgan fingerprint density at radius 3 is 2.82 bits per heavy atom. The van der Waals surface area contributed by atoms with Crippen LogP contribution >= 0.6 is 0 Å². The van der Waals surface area contributed by atoms with Crippen molar-refractivity contribution in [1.29, 1.82) is 0 Å². The summed E-state index contributed by atoms with van der Waals surface area (Å²) in [5, 5.41) is 3.24. The Balaban J connectivity index is 1.42. The standard InChI is InChI=1S/C22H32N2O4/c1-26-19-7-4-6-18(14-19)21(8-2-3-9-21)15-23-20(25)24-11-13-28-22(16-24)10-5-12-27-17-22/h4,6-7,14H,2-3,5,8-13,15-17H2,1H3,(H,23,25)/t22-/m1/s1. The number of ether oxygens (including phenoxy) is 3. The summed E-state index contributed by atoms with van der Waals surface area (Å²) in [5.74, 6) is 0.877. The Kier molecular flexibility index (Phi) is 5.78. The third-order valence-corrected chi connectivity index (χ3v) is 6.64. The van der Waals surface area contributed by atoms with Crippen molar-refractivity contribution < 1.29 is 19.0 Å². The molecule has 0 aromatic heterocycles. The summed E-state index contributed by atoms with van der Waals surface area (Å²) in [6.07, 6.45) is 6.55. The molecule has 2 amide bonds. The van der Waals surface area contributed by atoms with Crippen molar-refractivity contribution in [1.82, 2.24) is 10.2 Å². The number of urea groups is 1. The van der Waals surface area contributed by atoms with Gasteiger partial charge in [0.25, 0.3) is 0 Å². The molecule has 28 heavy (non-hydrogen) atoms. The van der Waals surface area contributed by atoms with Crippen LogP contribution in [0.5, 0.6) is 5.75 Å². The summed E-state index contributed by atoms with van der Waals surface area (Å²) in [4.78, 5) is 14.9. The minimum Gasteiger partial charge on any atom is -0.497 e. The summed E-state index contributed by atoms with van der Waals surface area (Å²) in [7, 11) is 1.70. The fourth-order valence-corrected chi connectivity index (χ4v) is 5.01. The molecule has 3 aliphatic rings. The number of nitrogens with zero attached hydrogens (tertiary/aromatic N) is 1. The quantitative estimate of drug-likeness (QED) is 0.861. The number of morpholine rings is 1. The van der Waals surface area contributed by atoms with Crippen molar-refractivity contribution in [2.75, 3.05) is 46.6 Å². The predicted molar refractivity (Wildman–Crippen MR) is 107 cm³/mol. The average Bonchev–Trinajstić information content (AvgIpc) is 3.23. The van der Waals surface area contributed by atoms with Gasteiger partial charge in [-0.3, -0.25) is 0 Å². The molecule has 2 saturated heterocycles. The number of hydrogen-bond acceptors (Lipinski definition) is 4. The number of benzene rings is 1. The number of rotatable bonds is 4. The van der Waals surface area contributed by atoms with Gasteiger partial charge in [-0.05, 0) is 43.4 Å². The highest BCUT2D eigenvalue weighted by molar-refractivity contribution is 5.74. The lowest BCUT2D eigenvalue weighted by molar-refractivity contribution is -0.160. The number of methoxy groups -OCH3 is 1. The van der Waals surface area contributed by atoms with Crippen LogP contribution in [0.4, 0.5) is 4.79 Å². The molecular formula is C22H32N2O4. The lowest BCUT2D eigenvalue weighted by Crippen LogP contribution is -2.59. The monoisotopic (exact) mass is 388 g/mol. The lowest BCUT2D eigenvalue weighted by atomic mass is 9.78. The van der Waals surface area contributed by atoms with E-state index in [1.165, 1.54) is 18.4 Å². The van der Waals surface area contributed by atoms with E-state index in [-0.39, 0.29) is 17.0 Å². The van der Waals surface area contributed by atoms with Crippen LogP contribution < -0.4 is 10.1 Å². The Hall–Kier alpha value is -1.79. The van der Waals surface area contributed by atoms with Crippen molar-refractivity contribution in [2.45, 2.75) is 49.5 Å². The molecule has 1 aliphatic carbocycles. The Morgan fingerprint density at radius 2 is 2.07 bits per heavy atom. The van der Waals surface area contributed by atoms with Gasteiger partial charge in [0.2, 0.25) is 0 Å². The average molecular weight is 389 g/mol. The van der Waals surface area contributed by atoms with Crippen LogP contribution in [0, 0.1) is 0 Å². The Labute approximate surface area is 167 Å². The molecule has 6 nitrogen and oxygen atoms in total. The van der Waals surface area contributed by atoms with Gasteiger partial charge >= 0.3 is 6.03 Å². The third kappa shape index (κ3) is 3.98. The highest BCUT2D eigenvalue weighted by atomic mass is 16.5. The normalized spacial score (nSPS) is 27.0. The second kappa shape index (κ2) is 8.29. The number of carbonyl (C=O) groups is 1. The summed E-state index contributed by atoms with van der Waals surface area (Å²) < 4.78 is 17.1. The SMILES string of the molecule is COc1cccc(C2(CNC(=O)N3CCO[C@]4(CCCOC4)C3)CCCC2)c1. The van der Waals surface area contributed by atoms with Gasteiger partial charge in [0.05, 0.1) is 26.9 Å². The maximum Gasteiger partial charge on any atom is 0.317 e. The smallest absolute Gasteiger partial charge is 0.317 e. The van der Waals surface area contributed by atoms with Crippen molar-refractivity contribution in [3.63, 3.8) is 0 Å². The molecule has 2 heterocycles. The minimum absolute atomic E-state index is 0.00211. The van der Waals surface area contributed by atoms with E-state index in [9.17, 15) is 4.79 Å². The molecule has 1 N–H and O–H groups in total. The summed E-state index contributed by atoms with van der Waals surface area (Å²) in [5.41, 5.74) is 0.956. The molecule has 0 radical (unpaired) electrons. The van der Waals surface area contributed by atoms with Gasteiger partial charge in [-0.25, -0.2) is 4.79 Å². The Morgan fingerprint density at radius 1 is 1.21 bits per heavy atom. The van der Waals surface area contributed by atoms with Crippen LogP contribution in [0.25, 0.3) is 0 Å². The largest absolute Gasteiger partial charge is 0.497 e. The minimum atomic E-state index is -0.314. The van der Waals surface area contributed by atoms with E-state index in [4.69, 9.17) is 14.2 Å². The maximum absolute atomic E-state index is 13.0. The first kappa shape index (κ1) is 19.5. The summed E-state index contributed by atoms with van der Waals surface area (Å²) in [6.45, 7) is 3.88. The molecular weight excluding hydrogens is 356 g/mol. The fraction of sp³-hybridized carbons (Fsp3) is 0.682. The number of hydrogen-bond donors (Lipinski definition) is 1. The summed E-state index contributed by atoms with van der Waals surface area (Å²) >= 11 is 0. The van der Waals surface area contributed by atoms with Gasteiger partial charge in [0.15, 0.2) is 0 Å². The topological polar surface area (TPSA) is 60.0 Å². The van der Waals surface area contributed by atoms with Gasteiger partial charge in [-0.1, -0.05) is 25.0 Å². The summed E-state index contributed by atoms with van der Waals surface area (Å²) in [6, 6.07) is 8.33. The number of carbonyl (C=O) groups excluding carboxylic acids is 1. The fourth-order valence-electron chi connectivity index (χ4n) is 5.01. The lowest BCUT2D eigenvalue weighted by Gasteiger charge is -2.44. The molecule has 1 spiro atoms. The Bertz CT molecular complexity index is 675. The molecule has 1 aromatic carbocycles. The van der Waals surface area contributed by atoms with Crippen molar-refractivity contribution in [3.8, 4) is 5.75 Å². The van der Waals surface area contributed by atoms with E-state index in [2.05, 4.69) is 17.4 Å². The van der Waals surface area contributed by atoms with E-state index in [1.54, 1.807) is 7.11 Å². The molecule has 1 aromatic rings. The van der Waals surface area contributed by atoms with Crippen LogP contribution in [0.2, 0.25) is 0 Å². The van der Waals surface area contributed by atoms with Gasteiger partial charge in [0, 0.05) is 25.1 Å². The van der Waals surface area contributed by atoms with Crippen LogP contribution in [-0.4, -0.2) is 63.1 Å². The van der Waals surface area contributed by atoms with Crippen LogP contribution in [0.1, 0.15) is 44.1 Å². The van der Waals surface area contributed by atoms with Crippen molar-refractivity contribution >= 4 is 6.03 Å². The van der Waals surface area contributed by atoms with Gasteiger partial charge < -0.3 is 24.4 Å². The molecule has 6 heteroatoms. The van der Waals surface area contributed by atoms with E-state index >= 15 is 0 Å². The van der Waals surface area contributed by atoms with E-state index < -0.39 is 0 Å². The molecule has 2 aliphatic heterocycles. The molecule has 1 atom stereocenters. The molecule has 0 bridgehead atoms. The maximum atomic E-state index is 13.0. The van der Waals surface area contributed by atoms with Gasteiger partial charge in [-0.2, -0.15) is 0 Å². The second-order valence-corrected chi connectivity index (χ2v) is 8.49. The zero-order valence-electron chi connectivity index (χ0n) is 16.9. The van der Waals surface area contributed by atoms with Crippen LogP contribution in [0.3, 0.4) is 0 Å².